The number of nitrogens with zero attached hydrogens (tertiary/aromatic N) is 3. The van der Waals surface area contributed by atoms with Gasteiger partial charge in [0.05, 0.1) is 23.8 Å². The zero-order valence-corrected chi connectivity index (χ0v) is 21.6. The molecule has 1 amide bonds. The van der Waals surface area contributed by atoms with E-state index >= 15 is 0 Å². The zero-order valence-electron chi connectivity index (χ0n) is 21.6. The molecule has 0 saturated heterocycles. The van der Waals surface area contributed by atoms with Crippen LogP contribution in [0.4, 0.5) is 10.5 Å². The van der Waals surface area contributed by atoms with E-state index in [4.69, 9.17) is 14.5 Å². The molecule has 1 aromatic heterocycles. The van der Waals surface area contributed by atoms with E-state index in [-0.39, 0.29) is 6.54 Å². The molecule has 1 aliphatic heterocycles. The summed E-state index contributed by atoms with van der Waals surface area (Å²) in [6.45, 7) is 7.03. The fraction of sp³-hybridized carbons (Fsp3) is 0.367. The van der Waals surface area contributed by atoms with E-state index in [1.54, 1.807) is 0 Å². The van der Waals surface area contributed by atoms with Crippen LogP contribution in [0.2, 0.25) is 0 Å². The van der Waals surface area contributed by atoms with Crippen LogP contribution in [0.25, 0.3) is 22.4 Å². The first-order valence-corrected chi connectivity index (χ1v) is 12.8. The molecule has 0 radical (unpaired) electrons. The van der Waals surface area contributed by atoms with Crippen molar-refractivity contribution >= 4 is 11.8 Å². The van der Waals surface area contributed by atoms with Gasteiger partial charge in [0.15, 0.2) is 0 Å². The number of nitrogens with one attached hydrogen (secondary N) is 1. The lowest BCUT2D eigenvalue weighted by molar-refractivity contribution is 0.0377. The molecule has 37 heavy (non-hydrogen) atoms. The number of aromatic nitrogens is 1. The molecule has 5 rings (SSSR count). The van der Waals surface area contributed by atoms with Crippen LogP contribution in [0.1, 0.15) is 45.6 Å². The zero-order chi connectivity index (χ0) is 26.0. The summed E-state index contributed by atoms with van der Waals surface area (Å²) in [5.41, 5.74) is 4.73. The van der Waals surface area contributed by atoms with Gasteiger partial charge >= 0.3 is 6.09 Å². The number of anilines is 1. The van der Waals surface area contributed by atoms with E-state index in [9.17, 15) is 10.1 Å². The topological polar surface area (TPSA) is 87.5 Å². The van der Waals surface area contributed by atoms with E-state index in [0.29, 0.717) is 19.0 Å². The van der Waals surface area contributed by atoms with Crippen LogP contribution in [0.5, 0.6) is 5.88 Å². The summed E-state index contributed by atoms with van der Waals surface area (Å²) in [7, 11) is 0. The minimum atomic E-state index is -0.546. The van der Waals surface area contributed by atoms with Gasteiger partial charge in [-0.15, -0.1) is 0 Å². The van der Waals surface area contributed by atoms with Crippen molar-refractivity contribution in [3.63, 3.8) is 0 Å². The molecule has 0 bridgehead atoms. The Labute approximate surface area is 218 Å². The predicted octanol–water partition coefficient (Wildman–Crippen LogP) is 6.04. The molecule has 2 heterocycles. The van der Waals surface area contributed by atoms with Crippen LogP contribution in [-0.2, 0) is 10.3 Å². The van der Waals surface area contributed by atoms with Crippen molar-refractivity contribution < 1.29 is 14.3 Å². The van der Waals surface area contributed by atoms with Crippen LogP contribution in [0.3, 0.4) is 0 Å². The van der Waals surface area contributed by atoms with E-state index < -0.39 is 17.2 Å². The van der Waals surface area contributed by atoms with Gasteiger partial charge in [-0.25, -0.2) is 9.78 Å². The molecule has 190 valence electrons. The van der Waals surface area contributed by atoms with Crippen LogP contribution in [-0.4, -0.2) is 36.4 Å². The third kappa shape index (κ3) is 5.10. The van der Waals surface area contributed by atoms with Crippen molar-refractivity contribution in [1.82, 2.24) is 10.3 Å². The molecule has 0 unspecified atom stereocenters. The molecule has 1 fully saturated rings. The van der Waals surface area contributed by atoms with Gasteiger partial charge in [0, 0.05) is 11.1 Å². The average molecular weight is 497 g/mol. The largest absolute Gasteiger partial charge is 0.474 e. The fourth-order valence-corrected chi connectivity index (χ4v) is 4.96. The Bertz CT molecular complexity index is 1320. The van der Waals surface area contributed by atoms with Gasteiger partial charge in [-0.05, 0) is 57.2 Å². The molecule has 1 saturated carbocycles. The second kappa shape index (κ2) is 9.78. The van der Waals surface area contributed by atoms with Gasteiger partial charge in [-0.1, -0.05) is 54.6 Å². The maximum absolute atomic E-state index is 12.6. The summed E-state index contributed by atoms with van der Waals surface area (Å²) in [5.74, 6) is 0.544. The molecule has 3 aromatic rings. The Kier molecular flexibility index (Phi) is 6.51. The van der Waals surface area contributed by atoms with Crippen LogP contribution < -0.4 is 15.0 Å². The van der Waals surface area contributed by atoms with Gasteiger partial charge in [-0.2, -0.15) is 5.26 Å². The number of amides is 1. The van der Waals surface area contributed by atoms with Crippen molar-refractivity contribution in [2.24, 2.45) is 0 Å². The Hall–Kier alpha value is -4.05. The van der Waals surface area contributed by atoms with Crippen molar-refractivity contribution in [2.45, 2.75) is 51.2 Å². The van der Waals surface area contributed by atoms with E-state index in [1.807, 2.05) is 43.9 Å². The second-order valence-electron chi connectivity index (χ2n) is 10.6. The first-order valence-electron chi connectivity index (χ1n) is 12.8. The quantitative estimate of drug-likeness (QED) is 0.433. The number of hydrogen-bond acceptors (Lipinski definition) is 6. The van der Waals surface area contributed by atoms with E-state index in [0.717, 1.165) is 52.9 Å². The smallest absolute Gasteiger partial charge is 0.408 e. The van der Waals surface area contributed by atoms with Crippen molar-refractivity contribution in [2.75, 3.05) is 24.6 Å². The third-order valence-electron chi connectivity index (χ3n) is 6.91. The third-order valence-corrected chi connectivity index (χ3v) is 6.91. The number of carbonyl (C=O) groups is 1. The Morgan fingerprint density at radius 1 is 1.14 bits per heavy atom. The number of carbonyl (C=O) groups excluding carboxylic acids is 1. The number of hydrogen-bond donors (Lipinski definition) is 1. The Balaban J connectivity index is 1.51. The van der Waals surface area contributed by atoms with Crippen LogP contribution >= 0.6 is 0 Å². The molecule has 1 N–H and O–H groups in total. The monoisotopic (exact) mass is 496 g/mol. The second-order valence-corrected chi connectivity index (χ2v) is 10.6. The number of rotatable bonds is 5. The average Bonchev–Trinajstić information content (AvgIpc) is 2.85. The van der Waals surface area contributed by atoms with Gasteiger partial charge in [0.25, 0.3) is 0 Å². The summed E-state index contributed by atoms with van der Waals surface area (Å²) < 4.78 is 11.4. The molecule has 0 spiro atoms. The number of fused-ring (bicyclic) bond motifs is 1. The van der Waals surface area contributed by atoms with Crippen LogP contribution in [0.15, 0.2) is 60.7 Å². The van der Waals surface area contributed by atoms with Gasteiger partial charge in [0.1, 0.15) is 24.4 Å². The number of alkyl carbamates (subject to hydrolysis) is 1. The van der Waals surface area contributed by atoms with Crippen LogP contribution in [0, 0.1) is 11.3 Å². The highest BCUT2D eigenvalue weighted by molar-refractivity contribution is 5.85. The molecule has 7 nitrogen and oxygen atoms in total. The molecule has 7 heteroatoms. The van der Waals surface area contributed by atoms with Crippen molar-refractivity contribution in [3.05, 3.63) is 66.2 Å². The molecular formula is C30H32N4O3. The first kappa shape index (κ1) is 24.6. The summed E-state index contributed by atoms with van der Waals surface area (Å²) >= 11 is 0. The maximum Gasteiger partial charge on any atom is 0.408 e. The SMILES string of the molecule is CC(C)(C)OC(=O)NC1(c2ccc(-c3nc4c(cc3-c3ccccc3)N(CC#N)CCO4)cc2)CCC1. The maximum atomic E-state index is 12.6. The lowest BCUT2D eigenvalue weighted by atomic mass is 9.71. The fourth-order valence-electron chi connectivity index (χ4n) is 4.96. The number of pyridine rings is 1. The summed E-state index contributed by atoms with van der Waals surface area (Å²) in [4.78, 5) is 19.5. The predicted molar refractivity (Wildman–Crippen MR) is 143 cm³/mol. The molecule has 2 aliphatic rings. The van der Waals surface area contributed by atoms with E-state index in [2.05, 4.69) is 53.9 Å². The minimum absolute atomic E-state index is 0.285. The molecule has 1 aliphatic carbocycles. The Morgan fingerprint density at radius 3 is 2.49 bits per heavy atom. The Morgan fingerprint density at radius 2 is 1.86 bits per heavy atom. The van der Waals surface area contributed by atoms with Gasteiger partial charge in [0.2, 0.25) is 5.88 Å². The lowest BCUT2D eigenvalue weighted by Crippen LogP contribution is -2.52. The highest BCUT2D eigenvalue weighted by Gasteiger charge is 2.41. The lowest BCUT2D eigenvalue weighted by Gasteiger charge is -2.43. The summed E-state index contributed by atoms with van der Waals surface area (Å²) in [6.07, 6.45) is 2.41. The molecule has 2 aromatic carbocycles. The highest BCUT2D eigenvalue weighted by Crippen LogP contribution is 2.43. The minimum Gasteiger partial charge on any atom is -0.474 e. The van der Waals surface area contributed by atoms with E-state index in [1.165, 1.54) is 0 Å². The summed E-state index contributed by atoms with van der Waals surface area (Å²) in [5, 5.41) is 12.4. The van der Waals surface area contributed by atoms with Gasteiger partial charge in [-0.3, -0.25) is 0 Å². The molecule has 0 atom stereocenters. The standard InChI is InChI=1S/C30H32N4O3/c1-29(2,3)37-28(35)33-30(14-7-15-30)23-12-10-22(11-13-23)26-24(21-8-5-4-6-9-21)20-25-27(32-26)36-19-18-34(25)17-16-31/h4-6,8-13,20H,7,14-15,17-19H2,1-3H3,(H,33,35). The van der Waals surface area contributed by atoms with Crippen molar-refractivity contribution in [3.8, 4) is 34.3 Å². The normalized spacial score (nSPS) is 16.0. The highest BCUT2D eigenvalue weighted by atomic mass is 16.6. The first-order chi connectivity index (χ1) is 17.8. The summed E-state index contributed by atoms with van der Waals surface area (Å²) in [6, 6.07) is 22.7. The number of benzene rings is 2. The van der Waals surface area contributed by atoms with Gasteiger partial charge < -0.3 is 19.7 Å². The number of nitriles is 1. The molecular weight excluding hydrogens is 464 g/mol. The van der Waals surface area contributed by atoms with Crippen molar-refractivity contribution in [1.29, 1.82) is 5.26 Å². The number of ether oxygens (including phenoxy) is 2.